The van der Waals surface area contributed by atoms with Gasteiger partial charge in [-0.25, -0.2) is 9.18 Å². The minimum absolute atomic E-state index is 0.0914. The van der Waals surface area contributed by atoms with Gasteiger partial charge in [0.2, 0.25) is 0 Å². The summed E-state index contributed by atoms with van der Waals surface area (Å²) in [5.74, 6) is -2.33. The van der Waals surface area contributed by atoms with Gasteiger partial charge in [-0.3, -0.25) is 0 Å². The lowest BCUT2D eigenvalue weighted by molar-refractivity contribution is -0.146. The molecule has 0 spiro atoms. The van der Waals surface area contributed by atoms with Gasteiger partial charge >= 0.3 is 5.97 Å². The molecule has 2 N–H and O–H groups in total. The molecule has 1 aromatic rings. The molecule has 0 aliphatic carbocycles. The molecule has 1 aromatic carbocycles. The van der Waals surface area contributed by atoms with Crippen LogP contribution >= 0.6 is 23.2 Å². The molecule has 0 radical (unpaired) electrons. The quantitative estimate of drug-likeness (QED) is 0.778. The summed E-state index contributed by atoms with van der Waals surface area (Å²) in [5.41, 5.74) is -0.221. The Balaban J connectivity index is 3.22. The summed E-state index contributed by atoms with van der Waals surface area (Å²) in [4.78, 5) is 10.4. The fourth-order valence-corrected chi connectivity index (χ4v) is 1.37. The predicted molar refractivity (Wildman–Crippen MR) is 49.0 cm³/mol. The van der Waals surface area contributed by atoms with E-state index in [0.717, 1.165) is 12.1 Å². The van der Waals surface area contributed by atoms with Crippen LogP contribution < -0.4 is 0 Å². The molecule has 0 saturated heterocycles. The number of aliphatic hydroxyl groups excluding tert-OH is 1. The van der Waals surface area contributed by atoms with Crippen molar-refractivity contribution in [1.82, 2.24) is 0 Å². The number of carboxylic acid groups (broad SMARTS) is 1. The molecule has 76 valence electrons. The largest absolute Gasteiger partial charge is 0.479 e. The van der Waals surface area contributed by atoms with Crippen LogP contribution in [-0.2, 0) is 4.79 Å². The number of halogens is 3. The molecule has 0 aliphatic heterocycles. The van der Waals surface area contributed by atoms with E-state index >= 15 is 0 Å². The van der Waals surface area contributed by atoms with E-state index in [1.807, 2.05) is 0 Å². The molecular formula is C8H5Cl2FO3. The van der Waals surface area contributed by atoms with Gasteiger partial charge in [0.1, 0.15) is 5.82 Å². The minimum atomic E-state index is -1.85. The van der Waals surface area contributed by atoms with Crippen molar-refractivity contribution in [3.63, 3.8) is 0 Å². The van der Waals surface area contributed by atoms with Gasteiger partial charge in [0.25, 0.3) is 0 Å². The zero-order valence-electron chi connectivity index (χ0n) is 6.67. The Morgan fingerprint density at radius 1 is 1.36 bits per heavy atom. The van der Waals surface area contributed by atoms with E-state index in [1.165, 1.54) is 0 Å². The van der Waals surface area contributed by atoms with Crippen molar-refractivity contribution in [2.45, 2.75) is 6.10 Å². The smallest absolute Gasteiger partial charge is 0.337 e. The Kier molecular flexibility index (Phi) is 3.31. The zero-order valence-corrected chi connectivity index (χ0v) is 8.18. The summed E-state index contributed by atoms with van der Waals surface area (Å²) in [6, 6.07) is 1.84. The van der Waals surface area contributed by atoms with Crippen LogP contribution in [0.2, 0.25) is 10.0 Å². The van der Waals surface area contributed by atoms with Crippen LogP contribution in [0.25, 0.3) is 0 Å². The Morgan fingerprint density at radius 2 is 1.93 bits per heavy atom. The SMILES string of the molecule is O=C(O)[C@H](O)c1cc(F)c(Cl)cc1Cl. The first-order valence-corrected chi connectivity index (χ1v) is 4.24. The van der Waals surface area contributed by atoms with Crippen LogP contribution in [0.4, 0.5) is 4.39 Å². The Hall–Kier alpha value is -0.840. The van der Waals surface area contributed by atoms with Crippen molar-refractivity contribution >= 4 is 29.2 Å². The molecule has 0 fully saturated rings. The number of carbonyl (C=O) groups is 1. The van der Waals surface area contributed by atoms with Crippen LogP contribution in [0.1, 0.15) is 11.7 Å². The highest BCUT2D eigenvalue weighted by Gasteiger charge is 2.20. The number of hydrogen-bond acceptors (Lipinski definition) is 2. The number of aliphatic hydroxyl groups is 1. The third-order valence-corrected chi connectivity index (χ3v) is 2.19. The molecule has 3 nitrogen and oxygen atoms in total. The summed E-state index contributed by atoms with van der Waals surface area (Å²) in [5, 5.41) is 17.2. The summed E-state index contributed by atoms with van der Waals surface area (Å²) in [6.07, 6.45) is -1.85. The molecular weight excluding hydrogens is 234 g/mol. The number of aliphatic carboxylic acids is 1. The fraction of sp³-hybridized carbons (Fsp3) is 0.125. The maximum Gasteiger partial charge on any atom is 0.337 e. The standard InChI is InChI=1S/C8H5Cl2FO3/c9-4-2-5(10)6(11)1-3(4)7(12)8(13)14/h1-2,7,12H,(H,13,14)/t7-/m1/s1. The predicted octanol–water partition coefficient (Wildman–Crippen LogP) is 2.25. The fourth-order valence-electron chi connectivity index (χ4n) is 0.881. The first-order chi connectivity index (χ1) is 6.43. The molecule has 0 saturated carbocycles. The van der Waals surface area contributed by atoms with Crippen molar-refractivity contribution < 1.29 is 19.4 Å². The van der Waals surface area contributed by atoms with E-state index in [0.29, 0.717) is 0 Å². The van der Waals surface area contributed by atoms with Crippen LogP contribution in [0, 0.1) is 5.82 Å². The van der Waals surface area contributed by atoms with Gasteiger partial charge in [-0.2, -0.15) is 0 Å². The van der Waals surface area contributed by atoms with E-state index in [1.54, 1.807) is 0 Å². The van der Waals surface area contributed by atoms with Gasteiger partial charge in [-0.05, 0) is 12.1 Å². The summed E-state index contributed by atoms with van der Waals surface area (Å²) < 4.78 is 12.9. The van der Waals surface area contributed by atoms with Crippen LogP contribution in [0.15, 0.2) is 12.1 Å². The highest BCUT2D eigenvalue weighted by molar-refractivity contribution is 6.35. The molecule has 6 heteroatoms. The maximum absolute atomic E-state index is 12.9. The summed E-state index contributed by atoms with van der Waals surface area (Å²) in [7, 11) is 0. The average Bonchev–Trinajstić information content (AvgIpc) is 2.10. The molecule has 0 amide bonds. The lowest BCUT2D eigenvalue weighted by Crippen LogP contribution is -2.11. The van der Waals surface area contributed by atoms with E-state index in [4.69, 9.17) is 33.4 Å². The van der Waals surface area contributed by atoms with E-state index < -0.39 is 17.9 Å². The summed E-state index contributed by atoms with van der Waals surface area (Å²) >= 11 is 10.9. The molecule has 0 aromatic heterocycles. The molecule has 14 heavy (non-hydrogen) atoms. The molecule has 0 heterocycles. The molecule has 1 rings (SSSR count). The van der Waals surface area contributed by atoms with Crippen molar-refractivity contribution in [2.24, 2.45) is 0 Å². The molecule has 0 unspecified atom stereocenters. The highest BCUT2D eigenvalue weighted by atomic mass is 35.5. The first kappa shape index (κ1) is 11.2. The monoisotopic (exact) mass is 238 g/mol. The maximum atomic E-state index is 12.9. The second-order valence-corrected chi connectivity index (χ2v) is 3.34. The van der Waals surface area contributed by atoms with E-state index in [2.05, 4.69) is 0 Å². The number of benzene rings is 1. The van der Waals surface area contributed by atoms with Gasteiger partial charge < -0.3 is 10.2 Å². The Labute approximate surface area is 88.7 Å². The Bertz CT molecular complexity index is 381. The molecule has 1 atom stereocenters. The number of carboxylic acids is 1. The van der Waals surface area contributed by atoms with Crippen molar-refractivity contribution in [3.8, 4) is 0 Å². The third kappa shape index (κ3) is 2.15. The van der Waals surface area contributed by atoms with Crippen molar-refractivity contribution in [3.05, 3.63) is 33.6 Å². The van der Waals surface area contributed by atoms with Gasteiger partial charge in [0, 0.05) is 10.6 Å². The van der Waals surface area contributed by atoms with Gasteiger partial charge in [-0.15, -0.1) is 0 Å². The zero-order chi connectivity index (χ0) is 10.9. The molecule has 0 aliphatic rings. The summed E-state index contributed by atoms with van der Waals surface area (Å²) in [6.45, 7) is 0. The van der Waals surface area contributed by atoms with E-state index in [9.17, 15) is 9.18 Å². The highest BCUT2D eigenvalue weighted by Crippen LogP contribution is 2.28. The van der Waals surface area contributed by atoms with Gasteiger partial charge in [0.15, 0.2) is 6.10 Å². The molecule has 0 bridgehead atoms. The van der Waals surface area contributed by atoms with Crippen molar-refractivity contribution in [2.75, 3.05) is 0 Å². The van der Waals surface area contributed by atoms with E-state index in [-0.39, 0.29) is 15.6 Å². The van der Waals surface area contributed by atoms with Crippen LogP contribution in [0.3, 0.4) is 0 Å². The normalized spacial score (nSPS) is 12.6. The lowest BCUT2D eigenvalue weighted by atomic mass is 10.1. The Morgan fingerprint density at radius 3 is 2.43 bits per heavy atom. The van der Waals surface area contributed by atoms with Gasteiger partial charge in [-0.1, -0.05) is 23.2 Å². The third-order valence-electron chi connectivity index (χ3n) is 1.57. The lowest BCUT2D eigenvalue weighted by Gasteiger charge is -2.08. The topological polar surface area (TPSA) is 57.5 Å². The van der Waals surface area contributed by atoms with Crippen LogP contribution in [-0.4, -0.2) is 16.2 Å². The average molecular weight is 239 g/mol. The number of hydrogen-bond donors (Lipinski definition) is 2. The first-order valence-electron chi connectivity index (χ1n) is 3.48. The minimum Gasteiger partial charge on any atom is -0.479 e. The second-order valence-electron chi connectivity index (χ2n) is 2.53. The van der Waals surface area contributed by atoms with Gasteiger partial charge in [0.05, 0.1) is 5.02 Å². The van der Waals surface area contributed by atoms with Crippen molar-refractivity contribution in [1.29, 1.82) is 0 Å². The van der Waals surface area contributed by atoms with Crippen LogP contribution in [0.5, 0.6) is 0 Å². The number of rotatable bonds is 2. The second kappa shape index (κ2) is 4.13.